The first-order chi connectivity index (χ1) is 8.50. The molecule has 0 amide bonds. The van der Waals surface area contributed by atoms with E-state index in [1.807, 2.05) is 0 Å². The molecule has 5 nitrogen and oxygen atoms in total. The van der Waals surface area contributed by atoms with Crippen LogP contribution < -0.4 is 0 Å². The van der Waals surface area contributed by atoms with Gasteiger partial charge in [0.2, 0.25) is 0 Å². The first kappa shape index (κ1) is 14.2. The largest absolute Gasteiger partial charge is 0.466 e. The van der Waals surface area contributed by atoms with E-state index in [4.69, 9.17) is 4.74 Å². The first-order valence-electron chi connectivity index (χ1n) is 5.88. The van der Waals surface area contributed by atoms with E-state index in [9.17, 15) is 14.9 Å². The molecule has 0 saturated heterocycles. The molecule has 0 heterocycles. The van der Waals surface area contributed by atoms with Gasteiger partial charge in [0.1, 0.15) is 0 Å². The maximum absolute atomic E-state index is 10.6. The van der Waals surface area contributed by atoms with Crippen LogP contribution in [0.25, 0.3) is 0 Å². The predicted octanol–water partition coefficient (Wildman–Crippen LogP) is 3.04. The SMILES string of the molecule is CC(=O)OCCCC(C)c1ccc([N+](=O)[O-])cc1. The number of nitro benzene ring substituents is 1. The summed E-state index contributed by atoms with van der Waals surface area (Å²) >= 11 is 0. The lowest BCUT2D eigenvalue weighted by Gasteiger charge is -2.11. The number of esters is 1. The third-order valence-electron chi connectivity index (χ3n) is 2.76. The van der Waals surface area contributed by atoms with Crippen molar-refractivity contribution in [3.05, 3.63) is 39.9 Å². The summed E-state index contributed by atoms with van der Waals surface area (Å²) in [5, 5.41) is 10.5. The van der Waals surface area contributed by atoms with Crippen molar-refractivity contribution < 1.29 is 14.5 Å². The van der Waals surface area contributed by atoms with Crippen LogP contribution >= 0.6 is 0 Å². The van der Waals surface area contributed by atoms with Crippen LogP contribution in [0.3, 0.4) is 0 Å². The molecule has 0 aromatic heterocycles. The van der Waals surface area contributed by atoms with Crippen LogP contribution in [0.2, 0.25) is 0 Å². The van der Waals surface area contributed by atoms with Gasteiger partial charge in [-0.25, -0.2) is 0 Å². The fourth-order valence-electron chi connectivity index (χ4n) is 1.70. The Kier molecular flexibility index (Phi) is 5.30. The molecule has 1 aromatic rings. The molecular weight excluding hydrogens is 234 g/mol. The maximum atomic E-state index is 10.6. The van der Waals surface area contributed by atoms with Crippen molar-refractivity contribution in [3.8, 4) is 0 Å². The summed E-state index contributed by atoms with van der Waals surface area (Å²) in [4.78, 5) is 20.7. The topological polar surface area (TPSA) is 69.4 Å². The zero-order valence-corrected chi connectivity index (χ0v) is 10.6. The normalized spacial score (nSPS) is 11.9. The molecule has 0 aliphatic rings. The van der Waals surface area contributed by atoms with Crippen LogP contribution in [-0.2, 0) is 9.53 Å². The standard InChI is InChI=1S/C13H17NO4/c1-10(4-3-9-18-11(2)15)12-5-7-13(8-6-12)14(16)17/h5-8,10H,3-4,9H2,1-2H3. The summed E-state index contributed by atoms with van der Waals surface area (Å²) in [6.07, 6.45) is 1.67. The Bertz CT molecular complexity index is 414. The smallest absolute Gasteiger partial charge is 0.302 e. The second-order valence-electron chi connectivity index (χ2n) is 4.23. The molecule has 0 bridgehead atoms. The van der Waals surface area contributed by atoms with Gasteiger partial charge in [-0.05, 0) is 24.3 Å². The van der Waals surface area contributed by atoms with Gasteiger partial charge in [-0.3, -0.25) is 14.9 Å². The van der Waals surface area contributed by atoms with Gasteiger partial charge in [-0.1, -0.05) is 19.1 Å². The Labute approximate surface area is 106 Å². The Balaban J connectivity index is 2.44. The van der Waals surface area contributed by atoms with Gasteiger partial charge in [0.15, 0.2) is 0 Å². The number of non-ortho nitro benzene ring substituents is 1. The van der Waals surface area contributed by atoms with Crippen molar-refractivity contribution >= 4 is 11.7 Å². The molecule has 0 radical (unpaired) electrons. The predicted molar refractivity (Wildman–Crippen MR) is 67.4 cm³/mol. The molecule has 5 heteroatoms. The van der Waals surface area contributed by atoms with E-state index in [0.717, 1.165) is 18.4 Å². The van der Waals surface area contributed by atoms with Crippen LogP contribution in [-0.4, -0.2) is 17.5 Å². The monoisotopic (exact) mass is 251 g/mol. The summed E-state index contributed by atoms with van der Waals surface area (Å²) in [6, 6.07) is 6.57. The molecule has 0 fully saturated rings. The van der Waals surface area contributed by atoms with Gasteiger partial charge in [0.05, 0.1) is 11.5 Å². The minimum Gasteiger partial charge on any atom is -0.466 e. The van der Waals surface area contributed by atoms with Crippen LogP contribution in [0.5, 0.6) is 0 Å². The average Bonchev–Trinajstić information content (AvgIpc) is 2.34. The Morgan fingerprint density at radius 2 is 2.00 bits per heavy atom. The van der Waals surface area contributed by atoms with Gasteiger partial charge in [-0.15, -0.1) is 0 Å². The molecule has 1 rings (SSSR count). The molecule has 0 saturated carbocycles. The van der Waals surface area contributed by atoms with Crippen molar-refractivity contribution in [1.82, 2.24) is 0 Å². The van der Waals surface area contributed by atoms with Gasteiger partial charge < -0.3 is 4.74 Å². The Morgan fingerprint density at radius 1 is 1.39 bits per heavy atom. The number of ether oxygens (including phenoxy) is 1. The van der Waals surface area contributed by atoms with Gasteiger partial charge >= 0.3 is 5.97 Å². The zero-order chi connectivity index (χ0) is 13.5. The molecule has 1 unspecified atom stereocenters. The number of nitro groups is 1. The van der Waals surface area contributed by atoms with Crippen molar-refractivity contribution in [3.63, 3.8) is 0 Å². The second kappa shape index (κ2) is 6.74. The molecule has 0 N–H and O–H groups in total. The summed E-state index contributed by atoms with van der Waals surface area (Å²) in [5.41, 5.74) is 1.16. The third kappa shape index (κ3) is 4.53. The molecule has 0 aliphatic heterocycles. The van der Waals surface area contributed by atoms with Crippen molar-refractivity contribution in [1.29, 1.82) is 0 Å². The third-order valence-corrected chi connectivity index (χ3v) is 2.76. The van der Waals surface area contributed by atoms with E-state index in [0.29, 0.717) is 12.5 Å². The summed E-state index contributed by atoms with van der Waals surface area (Å²) in [7, 11) is 0. The molecule has 0 spiro atoms. The van der Waals surface area contributed by atoms with Crippen LogP contribution in [0.15, 0.2) is 24.3 Å². The number of hydrogen-bond donors (Lipinski definition) is 0. The number of benzene rings is 1. The Hall–Kier alpha value is -1.91. The molecule has 1 atom stereocenters. The van der Waals surface area contributed by atoms with Crippen molar-refractivity contribution in [2.24, 2.45) is 0 Å². The summed E-state index contributed by atoms with van der Waals surface area (Å²) in [6.45, 7) is 3.86. The van der Waals surface area contributed by atoms with E-state index in [2.05, 4.69) is 6.92 Å². The Morgan fingerprint density at radius 3 is 2.50 bits per heavy atom. The fraction of sp³-hybridized carbons (Fsp3) is 0.462. The maximum Gasteiger partial charge on any atom is 0.302 e. The van der Waals surface area contributed by atoms with E-state index < -0.39 is 4.92 Å². The zero-order valence-electron chi connectivity index (χ0n) is 10.6. The van der Waals surface area contributed by atoms with Crippen LogP contribution in [0.1, 0.15) is 38.2 Å². The average molecular weight is 251 g/mol. The minimum atomic E-state index is -0.408. The highest BCUT2D eigenvalue weighted by atomic mass is 16.6. The van der Waals surface area contributed by atoms with Crippen molar-refractivity contribution in [2.45, 2.75) is 32.6 Å². The van der Waals surface area contributed by atoms with E-state index >= 15 is 0 Å². The highest BCUT2D eigenvalue weighted by Gasteiger charge is 2.09. The molecule has 98 valence electrons. The van der Waals surface area contributed by atoms with Crippen LogP contribution in [0, 0.1) is 10.1 Å². The molecule has 0 aliphatic carbocycles. The van der Waals surface area contributed by atoms with Gasteiger partial charge in [0, 0.05) is 19.1 Å². The number of carbonyl (C=O) groups excluding carboxylic acids is 1. The number of nitrogens with zero attached hydrogens (tertiary/aromatic N) is 1. The van der Waals surface area contributed by atoms with Gasteiger partial charge in [0.25, 0.3) is 5.69 Å². The van der Waals surface area contributed by atoms with Crippen LogP contribution in [0.4, 0.5) is 5.69 Å². The number of carbonyl (C=O) groups is 1. The van der Waals surface area contributed by atoms with E-state index in [1.54, 1.807) is 12.1 Å². The number of hydrogen-bond acceptors (Lipinski definition) is 4. The fourth-order valence-corrected chi connectivity index (χ4v) is 1.70. The summed E-state index contributed by atoms with van der Waals surface area (Å²) < 4.78 is 4.85. The van der Waals surface area contributed by atoms with E-state index in [1.165, 1.54) is 19.1 Å². The molecular formula is C13H17NO4. The van der Waals surface area contributed by atoms with E-state index in [-0.39, 0.29) is 11.7 Å². The highest BCUT2D eigenvalue weighted by Crippen LogP contribution is 2.22. The van der Waals surface area contributed by atoms with Crippen molar-refractivity contribution in [2.75, 3.05) is 6.61 Å². The quantitative estimate of drug-likeness (QED) is 0.337. The lowest BCUT2D eigenvalue weighted by Crippen LogP contribution is -2.02. The molecule has 18 heavy (non-hydrogen) atoms. The first-order valence-corrected chi connectivity index (χ1v) is 5.88. The number of rotatable bonds is 6. The highest BCUT2D eigenvalue weighted by molar-refractivity contribution is 5.65. The second-order valence-corrected chi connectivity index (χ2v) is 4.23. The van der Waals surface area contributed by atoms with Gasteiger partial charge in [-0.2, -0.15) is 0 Å². The molecule has 1 aromatic carbocycles. The lowest BCUT2D eigenvalue weighted by atomic mass is 9.96. The lowest BCUT2D eigenvalue weighted by molar-refractivity contribution is -0.384. The summed E-state index contributed by atoms with van der Waals surface area (Å²) in [5.74, 6) is 0.0272. The minimum absolute atomic E-state index is 0.103.